The fourth-order valence-electron chi connectivity index (χ4n) is 2.16. The zero-order valence-corrected chi connectivity index (χ0v) is 11.7. The Balaban J connectivity index is 2.12. The molecule has 0 bridgehead atoms. The van der Waals surface area contributed by atoms with E-state index in [1.165, 1.54) is 0 Å². The average Bonchev–Trinajstić information content (AvgIpc) is 2.37. The topological polar surface area (TPSA) is 52.9 Å². The van der Waals surface area contributed by atoms with Gasteiger partial charge in [0.15, 0.2) is 0 Å². The van der Waals surface area contributed by atoms with E-state index in [4.69, 9.17) is 5.21 Å². The van der Waals surface area contributed by atoms with Gasteiger partial charge in [-0.05, 0) is 18.2 Å². The number of benzene rings is 1. The molecule has 1 aliphatic heterocycles. The van der Waals surface area contributed by atoms with E-state index < -0.39 is 0 Å². The number of carbonyl (C=O) groups excluding carboxylic acids is 1. The molecule has 1 aliphatic rings. The Labute approximate surface area is 114 Å². The molecule has 1 heterocycles. The van der Waals surface area contributed by atoms with Gasteiger partial charge in [0.2, 0.25) is 0 Å². The van der Waals surface area contributed by atoms with Gasteiger partial charge in [0.1, 0.15) is 0 Å². The molecule has 96 valence electrons. The second kappa shape index (κ2) is 5.52. The molecular formula is C13H15BrN2O2. The lowest BCUT2D eigenvalue weighted by Crippen LogP contribution is -2.43. The second-order valence-electron chi connectivity index (χ2n) is 4.50. The van der Waals surface area contributed by atoms with Gasteiger partial charge in [-0.3, -0.25) is 4.79 Å². The number of piperidine rings is 1. The van der Waals surface area contributed by atoms with E-state index in [-0.39, 0.29) is 11.8 Å². The Morgan fingerprint density at radius 1 is 1.56 bits per heavy atom. The third-order valence-electron chi connectivity index (χ3n) is 3.19. The van der Waals surface area contributed by atoms with Crippen molar-refractivity contribution in [2.24, 2.45) is 11.1 Å². The van der Waals surface area contributed by atoms with Crippen LogP contribution in [0.3, 0.4) is 0 Å². The van der Waals surface area contributed by atoms with Crippen molar-refractivity contribution >= 4 is 27.5 Å². The first-order valence-electron chi connectivity index (χ1n) is 5.87. The lowest BCUT2D eigenvalue weighted by Gasteiger charge is -2.31. The summed E-state index contributed by atoms with van der Waals surface area (Å²) >= 11 is 3.36. The minimum atomic E-state index is 0.0279. The molecule has 1 saturated heterocycles. The van der Waals surface area contributed by atoms with E-state index in [1.807, 2.05) is 31.2 Å². The first kappa shape index (κ1) is 13.1. The molecule has 0 radical (unpaired) electrons. The van der Waals surface area contributed by atoms with Crippen molar-refractivity contribution < 1.29 is 10.0 Å². The SMILES string of the molecule is CC1CN(C(=O)c2cccc(Br)c2)CC/C1=N\O. The zero-order valence-electron chi connectivity index (χ0n) is 10.1. The Hall–Kier alpha value is -1.36. The number of rotatable bonds is 1. The van der Waals surface area contributed by atoms with Crippen LogP contribution >= 0.6 is 15.9 Å². The van der Waals surface area contributed by atoms with Gasteiger partial charge in [-0.1, -0.05) is 34.1 Å². The largest absolute Gasteiger partial charge is 0.411 e. The molecule has 1 N–H and O–H groups in total. The molecule has 1 fully saturated rings. The maximum absolute atomic E-state index is 12.3. The van der Waals surface area contributed by atoms with E-state index in [1.54, 1.807) is 4.90 Å². The average molecular weight is 311 g/mol. The Kier molecular flexibility index (Phi) is 4.01. The molecule has 0 spiro atoms. The van der Waals surface area contributed by atoms with Crippen LogP contribution in [0.15, 0.2) is 33.9 Å². The third-order valence-corrected chi connectivity index (χ3v) is 3.68. The van der Waals surface area contributed by atoms with E-state index in [0.717, 1.165) is 10.2 Å². The minimum Gasteiger partial charge on any atom is -0.411 e. The summed E-state index contributed by atoms with van der Waals surface area (Å²) in [4.78, 5) is 14.1. The highest BCUT2D eigenvalue weighted by Crippen LogP contribution is 2.18. The van der Waals surface area contributed by atoms with Crippen molar-refractivity contribution in [1.82, 2.24) is 4.90 Å². The van der Waals surface area contributed by atoms with Gasteiger partial charge in [-0.15, -0.1) is 0 Å². The highest BCUT2D eigenvalue weighted by Gasteiger charge is 2.26. The van der Waals surface area contributed by atoms with Crippen molar-refractivity contribution in [2.75, 3.05) is 13.1 Å². The number of hydrogen-bond donors (Lipinski definition) is 1. The van der Waals surface area contributed by atoms with E-state index in [9.17, 15) is 4.79 Å². The summed E-state index contributed by atoms with van der Waals surface area (Å²) in [6.07, 6.45) is 0.636. The lowest BCUT2D eigenvalue weighted by molar-refractivity contribution is 0.0734. The number of carbonyl (C=O) groups is 1. The van der Waals surface area contributed by atoms with Gasteiger partial charge in [0, 0.05) is 35.5 Å². The molecular weight excluding hydrogens is 296 g/mol. The molecule has 1 unspecified atom stereocenters. The van der Waals surface area contributed by atoms with Crippen LogP contribution in [-0.4, -0.2) is 34.8 Å². The summed E-state index contributed by atoms with van der Waals surface area (Å²) in [5.41, 5.74) is 1.45. The van der Waals surface area contributed by atoms with Crippen molar-refractivity contribution in [1.29, 1.82) is 0 Å². The predicted molar refractivity (Wildman–Crippen MR) is 73.0 cm³/mol. The molecule has 0 aliphatic carbocycles. The van der Waals surface area contributed by atoms with Crippen LogP contribution in [0.25, 0.3) is 0 Å². The molecule has 5 heteroatoms. The van der Waals surface area contributed by atoms with Crippen LogP contribution in [-0.2, 0) is 0 Å². The second-order valence-corrected chi connectivity index (χ2v) is 5.42. The number of nitrogens with zero attached hydrogens (tertiary/aromatic N) is 2. The molecule has 1 aromatic carbocycles. The molecule has 0 aromatic heterocycles. The van der Waals surface area contributed by atoms with Crippen molar-refractivity contribution in [3.63, 3.8) is 0 Å². The van der Waals surface area contributed by atoms with Crippen LogP contribution in [0.1, 0.15) is 23.7 Å². The number of halogens is 1. The molecule has 1 atom stereocenters. The molecule has 1 aromatic rings. The predicted octanol–water partition coefficient (Wildman–Crippen LogP) is 2.76. The fraction of sp³-hybridized carbons (Fsp3) is 0.385. The molecule has 2 rings (SSSR count). The first-order valence-corrected chi connectivity index (χ1v) is 6.66. The van der Waals surface area contributed by atoms with Crippen LogP contribution in [0.2, 0.25) is 0 Å². The van der Waals surface area contributed by atoms with Crippen LogP contribution < -0.4 is 0 Å². The maximum Gasteiger partial charge on any atom is 0.253 e. The van der Waals surface area contributed by atoms with Gasteiger partial charge < -0.3 is 10.1 Å². The van der Waals surface area contributed by atoms with Crippen LogP contribution in [0, 0.1) is 5.92 Å². The number of oxime groups is 1. The van der Waals surface area contributed by atoms with E-state index in [2.05, 4.69) is 21.1 Å². The maximum atomic E-state index is 12.3. The van der Waals surface area contributed by atoms with Gasteiger partial charge >= 0.3 is 0 Å². The number of hydrogen-bond acceptors (Lipinski definition) is 3. The molecule has 0 saturated carbocycles. The smallest absolute Gasteiger partial charge is 0.253 e. The summed E-state index contributed by atoms with van der Waals surface area (Å²) < 4.78 is 0.899. The Bertz CT molecular complexity index is 488. The van der Waals surface area contributed by atoms with Crippen LogP contribution in [0.4, 0.5) is 0 Å². The standard InChI is InChI=1S/C13H15BrN2O2/c1-9-8-16(6-5-12(9)15-18)13(17)10-3-2-4-11(14)7-10/h2-4,7,9,18H,5-6,8H2,1H3/b15-12+. The van der Waals surface area contributed by atoms with E-state index in [0.29, 0.717) is 25.1 Å². The monoisotopic (exact) mass is 310 g/mol. The first-order chi connectivity index (χ1) is 8.61. The van der Waals surface area contributed by atoms with Gasteiger partial charge in [0.25, 0.3) is 5.91 Å². The Morgan fingerprint density at radius 2 is 2.33 bits per heavy atom. The summed E-state index contributed by atoms with van der Waals surface area (Å²) in [5, 5.41) is 12.1. The zero-order chi connectivity index (χ0) is 13.1. The lowest BCUT2D eigenvalue weighted by atomic mass is 9.97. The summed E-state index contributed by atoms with van der Waals surface area (Å²) in [6, 6.07) is 7.38. The van der Waals surface area contributed by atoms with Crippen LogP contribution in [0.5, 0.6) is 0 Å². The van der Waals surface area contributed by atoms with Crippen molar-refractivity contribution in [2.45, 2.75) is 13.3 Å². The van der Waals surface area contributed by atoms with Crippen molar-refractivity contribution in [3.8, 4) is 0 Å². The normalized spacial score (nSPS) is 22.2. The van der Waals surface area contributed by atoms with Gasteiger partial charge in [-0.25, -0.2) is 0 Å². The third kappa shape index (κ3) is 2.72. The number of amides is 1. The van der Waals surface area contributed by atoms with Crippen molar-refractivity contribution in [3.05, 3.63) is 34.3 Å². The molecule has 1 amide bonds. The highest BCUT2D eigenvalue weighted by atomic mass is 79.9. The van der Waals surface area contributed by atoms with Gasteiger partial charge in [-0.2, -0.15) is 0 Å². The highest BCUT2D eigenvalue weighted by molar-refractivity contribution is 9.10. The van der Waals surface area contributed by atoms with Gasteiger partial charge in [0.05, 0.1) is 5.71 Å². The molecule has 18 heavy (non-hydrogen) atoms. The number of likely N-dealkylation sites (tertiary alicyclic amines) is 1. The fourth-order valence-corrected chi connectivity index (χ4v) is 2.56. The molecule has 4 nitrogen and oxygen atoms in total. The van der Waals surface area contributed by atoms with E-state index >= 15 is 0 Å². The summed E-state index contributed by atoms with van der Waals surface area (Å²) in [5.74, 6) is 0.139. The Morgan fingerprint density at radius 3 is 2.94 bits per heavy atom. The summed E-state index contributed by atoms with van der Waals surface area (Å²) in [6.45, 7) is 3.18. The summed E-state index contributed by atoms with van der Waals surface area (Å²) in [7, 11) is 0. The quantitative estimate of drug-likeness (QED) is 0.640. The minimum absolute atomic E-state index is 0.0279.